The van der Waals surface area contributed by atoms with E-state index < -0.39 is 0 Å². The molecule has 0 bridgehead atoms. The molecule has 2 rings (SSSR count). The number of quaternary nitrogens is 1. The first-order valence-electron chi connectivity index (χ1n) is 8.60. The summed E-state index contributed by atoms with van der Waals surface area (Å²) < 4.78 is 5.00. The molecule has 0 unspecified atom stereocenters. The van der Waals surface area contributed by atoms with Crippen LogP contribution in [0.4, 0.5) is 10.5 Å². The van der Waals surface area contributed by atoms with Crippen molar-refractivity contribution in [3.63, 3.8) is 0 Å². The summed E-state index contributed by atoms with van der Waals surface area (Å²) in [5.41, 5.74) is 1.29. The summed E-state index contributed by atoms with van der Waals surface area (Å²) in [6.45, 7) is 8.12. The molecule has 1 fully saturated rings. The number of hydrogen-bond acceptors (Lipinski definition) is 4. The molecule has 1 aromatic carbocycles. The van der Waals surface area contributed by atoms with Gasteiger partial charge in [-0.1, -0.05) is 0 Å². The van der Waals surface area contributed by atoms with Crippen molar-refractivity contribution >= 4 is 23.5 Å². The highest BCUT2D eigenvalue weighted by Crippen LogP contribution is 2.10. The van der Waals surface area contributed by atoms with Gasteiger partial charge in [0.2, 0.25) is 0 Å². The molecule has 2 amide bonds. The number of carbonyl (C=O) groups is 3. The van der Waals surface area contributed by atoms with Crippen LogP contribution < -0.4 is 10.2 Å². The van der Waals surface area contributed by atoms with E-state index in [1.165, 1.54) is 6.92 Å². The molecule has 0 spiro atoms. The number of rotatable bonds is 5. The first kappa shape index (κ1) is 18.9. The first-order valence-corrected chi connectivity index (χ1v) is 8.60. The van der Waals surface area contributed by atoms with Gasteiger partial charge in [-0.2, -0.15) is 0 Å². The molecular weight excluding hydrogens is 322 g/mol. The number of carbonyl (C=O) groups excluding carboxylic acids is 3. The highest BCUT2D eigenvalue weighted by atomic mass is 16.6. The Morgan fingerprint density at radius 1 is 1.20 bits per heavy atom. The van der Waals surface area contributed by atoms with Crippen LogP contribution in [0.5, 0.6) is 0 Å². The molecule has 1 heterocycles. The normalized spacial score (nSPS) is 16.2. The average Bonchev–Trinajstić information content (AvgIpc) is 2.61. The summed E-state index contributed by atoms with van der Waals surface area (Å²) >= 11 is 0. The van der Waals surface area contributed by atoms with Crippen molar-refractivity contribution in [2.24, 2.45) is 0 Å². The molecule has 0 aliphatic carbocycles. The number of ether oxygens (including phenoxy) is 1. The zero-order chi connectivity index (χ0) is 18.4. The van der Waals surface area contributed by atoms with Gasteiger partial charge in [-0.25, -0.2) is 4.79 Å². The van der Waals surface area contributed by atoms with Gasteiger partial charge in [0, 0.05) is 11.3 Å². The van der Waals surface area contributed by atoms with Gasteiger partial charge in [-0.05, 0) is 45.0 Å². The summed E-state index contributed by atoms with van der Waals surface area (Å²) in [5, 5.41) is 2.88. The van der Waals surface area contributed by atoms with Crippen molar-refractivity contribution in [3.8, 4) is 0 Å². The SMILES string of the molecule is CCOC(=O)N1CC[NH+]([C@@H](C)C(=O)Nc2ccc(C(C)=O)cc2)CC1. The molecule has 136 valence electrons. The summed E-state index contributed by atoms with van der Waals surface area (Å²) in [4.78, 5) is 38.3. The molecule has 0 aromatic heterocycles. The molecule has 0 radical (unpaired) electrons. The number of nitrogens with zero attached hydrogens (tertiary/aromatic N) is 1. The van der Waals surface area contributed by atoms with E-state index in [9.17, 15) is 14.4 Å². The third-order valence-corrected chi connectivity index (χ3v) is 4.50. The molecule has 1 saturated heterocycles. The Morgan fingerprint density at radius 2 is 1.80 bits per heavy atom. The second-order valence-corrected chi connectivity index (χ2v) is 6.19. The Hall–Kier alpha value is -2.41. The zero-order valence-electron chi connectivity index (χ0n) is 15.0. The van der Waals surface area contributed by atoms with Gasteiger partial charge in [-0.15, -0.1) is 0 Å². The maximum Gasteiger partial charge on any atom is 0.410 e. The molecule has 1 aliphatic rings. The smallest absolute Gasteiger partial charge is 0.410 e. The lowest BCUT2D eigenvalue weighted by Gasteiger charge is -2.34. The number of anilines is 1. The van der Waals surface area contributed by atoms with E-state index in [1.54, 1.807) is 36.1 Å². The number of benzene rings is 1. The van der Waals surface area contributed by atoms with Crippen LogP contribution in [0.3, 0.4) is 0 Å². The lowest BCUT2D eigenvalue weighted by molar-refractivity contribution is -0.917. The minimum atomic E-state index is -0.288. The number of nitrogens with one attached hydrogen (secondary N) is 2. The van der Waals surface area contributed by atoms with Crippen LogP contribution in [0.15, 0.2) is 24.3 Å². The molecule has 7 nitrogen and oxygen atoms in total. The Kier molecular flexibility index (Phi) is 6.52. The third kappa shape index (κ3) is 5.03. The summed E-state index contributed by atoms with van der Waals surface area (Å²) in [5.74, 6) is -0.0784. The minimum absolute atomic E-state index is 0.00448. The van der Waals surface area contributed by atoms with Crippen molar-refractivity contribution in [3.05, 3.63) is 29.8 Å². The first-order chi connectivity index (χ1) is 11.9. The van der Waals surface area contributed by atoms with E-state index in [0.717, 1.165) is 4.90 Å². The van der Waals surface area contributed by atoms with Gasteiger partial charge in [0.05, 0.1) is 32.8 Å². The average molecular weight is 348 g/mol. The predicted molar refractivity (Wildman–Crippen MR) is 93.8 cm³/mol. The maximum atomic E-state index is 12.4. The van der Waals surface area contributed by atoms with Crippen LogP contribution in [0.1, 0.15) is 31.1 Å². The van der Waals surface area contributed by atoms with Gasteiger partial charge >= 0.3 is 6.09 Å². The second kappa shape index (κ2) is 8.62. The lowest BCUT2D eigenvalue weighted by atomic mass is 10.1. The van der Waals surface area contributed by atoms with Gasteiger partial charge in [0.25, 0.3) is 5.91 Å². The van der Waals surface area contributed by atoms with E-state index in [4.69, 9.17) is 4.74 Å². The van der Waals surface area contributed by atoms with E-state index in [-0.39, 0.29) is 23.8 Å². The van der Waals surface area contributed by atoms with Crippen molar-refractivity contribution in [2.45, 2.75) is 26.8 Å². The minimum Gasteiger partial charge on any atom is -0.450 e. The monoisotopic (exact) mass is 348 g/mol. The molecule has 1 aromatic rings. The van der Waals surface area contributed by atoms with Crippen LogP contribution in [0.25, 0.3) is 0 Å². The van der Waals surface area contributed by atoms with Gasteiger partial charge in [0.1, 0.15) is 0 Å². The Bertz CT molecular complexity index is 622. The van der Waals surface area contributed by atoms with Crippen molar-refractivity contribution < 1.29 is 24.0 Å². The fourth-order valence-electron chi connectivity index (χ4n) is 2.85. The summed E-state index contributed by atoms with van der Waals surface area (Å²) in [7, 11) is 0. The molecule has 1 atom stereocenters. The number of piperazine rings is 1. The van der Waals surface area contributed by atoms with Gasteiger partial charge in [-0.3, -0.25) is 14.5 Å². The molecule has 2 N–H and O–H groups in total. The molecule has 0 saturated carbocycles. The number of ketones is 1. The summed E-state index contributed by atoms with van der Waals surface area (Å²) in [6, 6.07) is 6.64. The Morgan fingerprint density at radius 3 is 2.32 bits per heavy atom. The van der Waals surface area contributed by atoms with Crippen LogP contribution in [0, 0.1) is 0 Å². The molecule has 7 heteroatoms. The number of amides is 2. The van der Waals surface area contributed by atoms with E-state index >= 15 is 0 Å². The summed E-state index contributed by atoms with van der Waals surface area (Å²) in [6.07, 6.45) is -0.288. The van der Waals surface area contributed by atoms with Crippen molar-refractivity contribution in [1.82, 2.24) is 4.90 Å². The van der Waals surface area contributed by atoms with Crippen LogP contribution in [-0.4, -0.2) is 61.5 Å². The Balaban J connectivity index is 1.86. The largest absolute Gasteiger partial charge is 0.450 e. The standard InChI is InChI=1S/C18H25N3O4/c1-4-25-18(24)21-11-9-20(10-12-21)13(2)17(23)19-16-7-5-15(6-8-16)14(3)22/h5-8,13H,4,9-12H2,1-3H3,(H,19,23)/p+1/t13-/m0/s1. The highest BCUT2D eigenvalue weighted by molar-refractivity contribution is 5.96. The molecule has 25 heavy (non-hydrogen) atoms. The predicted octanol–water partition coefficient (Wildman–Crippen LogP) is 0.573. The van der Waals surface area contributed by atoms with Crippen LogP contribution in [-0.2, 0) is 9.53 Å². The Labute approximate surface area is 147 Å². The molecule has 1 aliphatic heterocycles. The fourth-order valence-corrected chi connectivity index (χ4v) is 2.85. The number of hydrogen-bond donors (Lipinski definition) is 2. The van der Waals surface area contributed by atoms with Gasteiger partial charge < -0.3 is 15.0 Å². The molecular formula is C18H26N3O4+. The topological polar surface area (TPSA) is 80.2 Å². The van der Waals surface area contributed by atoms with E-state index in [1.807, 2.05) is 6.92 Å². The van der Waals surface area contributed by atoms with E-state index in [0.29, 0.717) is 44.0 Å². The fraction of sp³-hybridized carbons (Fsp3) is 0.500. The van der Waals surface area contributed by atoms with Crippen molar-refractivity contribution in [2.75, 3.05) is 38.1 Å². The van der Waals surface area contributed by atoms with Crippen LogP contribution in [0.2, 0.25) is 0 Å². The van der Waals surface area contributed by atoms with Gasteiger partial charge in [0.15, 0.2) is 11.8 Å². The third-order valence-electron chi connectivity index (χ3n) is 4.50. The van der Waals surface area contributed by atoms with Crippen molar-refractivity contribution in [1.29, 1.82) is 0 Å². The van der Waals surface area contributed by atoms with E-state index in [2.05, 4.69) is 5.32 Å². The quantitative estimate of drug-likeness (QED) is 0.763. The maximum absolute atomic E-state index is 12.4. The highest BCUT2D eigenvalue weighted by Gasteiger charge is 2.31. The zero-order valence-corrected chi connectivity index (χ0v) is 15.0. The van der Waals surface area contributed by atoms with Crippen LogP contribution >= 0.6 is 0 Å². The lowest BCUT2D eigenvalue weighted by Crippen LogP contribution is -3.19. The second-order valence-electron chi connectivity index (χ2n) is 6.19. The number of Topliss-reactive ketones (excluding diaryl/α,β-unsaturated/α-hetero) is 1.